The molecule has 2 aromatic carbocycles. The van der Waals surface area contributed by atoms with Crippen LogP contribution in [0.15, 0.2) is 46.9 Å². The molecule has 0 spiro atoms. The summed E-state index contributed by atoms with van der Waals surface area (Å²) in [6, 6.07) is 13.0. The molecule has 0 atom stereocenters. The molecule has 0 aliphatic carbocycles. The first kappa shape index (κ1) is 15.1. The monoisotopic (exact) mass is 351 g/mol. The quantitative estimate of drug-likeness (QED) is 0.779. The number of carbonyl (C=O) groups is 1. The number of carbonyl (C=O) groups excluding carboxylic acids is 1. The van der Waals surface area contributed by atoms with E-state index in [9.17, 15) is 4.79 Å². The topological polar surface area (TPSA) is 29.1 Å². The van der Waals surface area contributed by atoms with Crippen LogP contribution in [0.5, 0.6) is 0 Å². The minimum atomic E-state index is -0.214. The molecule has 0 heterocycles. The molecular weight excluding hydrogens is 338 g/mol. The molecule has 4 heteroatoms. The average Bonchev–Trinajstić information content (AvgIpc) is 2.42. The molecule has 0 aliphatic heterocycles. The number of rotatable bonds is 3. The van der Waals surface area contributed by atoms with E-state index in [2.05, 4.69) is 35.1 Å². The molecule has 0 aliphatic rings. The van der Waals surface area contributed by atoms with Gasteiger partial charge < -0.3 is 5.32 Å². The van der Waals surface area contributed by atoms with Crippen molar-refractivity contribution in [2.24, 2.45) is 0 Å². The molecule has 2 rings (SSSR count). The zero-order valence-electron chi connectivity index (χ0n) is 11.3. The van der Waals surface area contributed by atoms with E-state index in [0.29, 0.717) is 16.5 Å². The van der Waals surface area contributed by atoms with Crippen LogP contribution in [0.4, 0.5) is 5.69 Å². The number of halogens is 2. The standard InChI is InChI=1S/C16H15BrClNO/c1-10(2)11-3-6-13(7-4-11)19-16(20)14-9-12(17)5-8-15(14)18/h3-10H,1-2H3,(H,19,20). The van der Waals surface area contributed by atoms with Crippen molar-refractivity contribution in [1.29, 1.82) is 0 Å². The second kappa shape index (κ2) is 6.42. The molecule has 2 nitrogen and oxygen atoms in total. The lowest BCUT2D eigenvalue weighted by atomic mass is 10.0. The Hall–Kier alpha value is -1.32. The van der Waals surface area contributed by atoms with Gasteiger partial charge in [-0.2, -0.15) is 0 Å². The first-order chi connectivity index (χ1) is 9.47. The maximum absolute atomic E-state index is 12.2. The Morgan fingerprint density at radius 2 is 1.80 bits per heavy atom. The molecule has 20 heavy (non-hydrogen) atoms. The maximum Gasteiger partial charge on any atom is 0.257 e. The van der Waals surface area contributed by atoms with Crippen molar-refractivity contribution in [3.8, 4) is 0 Å². The summed E-state index contributed by atoms with van der Waals surface area (Å²) < 4.78 is 0.821. The van der Waals surface area contributed by atoms with Gasteiger partial charge in [-0.3, -0.25) is 4.79 Å². The Kier molecular flexibility index (Phi) is 4.84. The molecule has 2 aromatic rings. The van der Waals surface area contributed by atoms with Crippen LogP contribution in [0.25, 0.3) is 0 Å². The maximum atomic E-state index is 12.2. The van der Waals surface area contributed by atoms with Crippen LogP contribution >= 0.6 is 27.5 Å². The third-order valence-electron chi connectivity index (χ3n) is 3.01. The summed E-state index contributed by atoms with van der Waals surface area (Å²) in [5.74, 6) is 0.257. The van der Waals surface area contributed by atoms with Gasteiger partial charge in [0.2, 0.25) is 0 Å². The molecule has 0 fully saturated rings. The fraction of sp³-hybridized carbons (Fsp3) is 0.188. The zero-order valence-corrected chi connectivity index (χ0v) is 13.6. The first-order valence-corrected chi connectivity index (χ1v) is 7.51. The Balaban J connectivity index is 2.17. The molecule has 1 amide bonds. The Labute approximate surface area is 132 Å². The average molecular weight is 353 g/mol. The summed E-state index contributed by atoms with van der Waals surface area (Å²) in [4.78, 5) is 12.2. The fourth-order valence-corrected chi connectivity index (χ4v) is 2.39. The summed E-state index contributed by atoms with van der Waals surface area (Å²) in [5.41, 5.74) is 2.45. The van der Waals surface area contributed by atoms with Crippen molar-refractivity contribution in [2.75, 3.05) is 5.32 Å². The van der Waals surface area contributed by atoms with Crippen molar-refractivity contribution < 1.29 is 4.79 Å². The highest BCUT2D eigenvalue weighted by atomic mass is 79.9. The summed E-state index contributed by atoms with van der Waals surface area (Å²) in [6.45, 7) is 4.27. The highest BCUT2D eigenvalue weighted by molar-refractivity contribution is 9.10. The molecule has 0 aromatic heterocycles. The highest BCUT2D eigenvalue weighted by Crippen LogP contribution is 2.23. The van der Waals surface area contributed by atoms with E-state index in [1.807, 2.05) is 24.3 Å². The third kappa shape index (κ3) is 3.62. The van der Waals surface area contributed by atoms with Gasteiger partial charge in [-0.15, -0.1) is 0 Å². The van der Waals surface area contributed by atoms with Gasteiger partial charge in [0.05, 0.1) is 10.6 Å². The van der Waals surface area contributed by atoms with Crippen LogP contribution < -0.4 is 5.32 Å². The lowest BCUT2D eigenvalue weighted by molar-refractivity contribution is 0.102. The molecule has 1 N–H and O–H groups in total. The Bertz CT molecular complexity index is 623. The molecule has 0 radical (unpaired) electrons. The van der Waals surface area contributed by atoms with Crippen molar-refractivity contribution in [3.05, 3.63) is 63.1 Å². The SMILES string of the molecule is CC(C)c1ccc(NC(=O)c2cc(Br)ccc2Cl)cc1. The number of benzene rings is 2. The van der Waals surface area contributed by atoms with E-state index in [-0.39, 0.29) is 5.91 Å². The third-order valence-corrected chi connectivity index (χ3v) is 3.83. The van der Waals surface area contributed by atoms with Crippen LogP contribution in [0.2, 0.25) is 5.02 Å². The van der Waals surface area contributed by atoms with Crippen LogP contribution in [0, 0.1) is 0 Å². The van der Waals surface area contributed by atoms with Gasteiger partial charge in [0, 0.05) is 10.2 Å². The molecular formula is C16H15BrClNO. The largest absolute Gasteiger partial charge is 0.322 e. The number of anilines is 1. The van der Waals surface area contributed by atoms with Crippen LogP contribution in [-0.2, 0) is 0 Å². The Morgan fingerprint density at radius 3 is 2.40 bits per heavy atom. The number of nitrogens with one attached hydrogen (secondary N) is 1. The molecule has 0 unspecified atom stereocenters. The summed E-state index contributed by atoms with van der Waals surface area (Å²) in [7, 11) is 0. The van der Waals surface area contributed by atoms with Crippen molar-refractivity contribution >= 4 is 39.1 Å². The predicted molar refractivity (Wildman–Crippen MR) is 87.6 cm³/mol. The molecule has 0 saturated heterocycles. The molecule has 0 saturated carbocycles. The van der Waals surface area contributed by atoms with E-state index >= 15 is 0 Å². The predicted octanol–water partition coefficient (Wildman–Crippen LogP) is 5.48. The smallest absolute Gasteiger partial charge is 0.257 e. The molecule has 104 valence electrons. The van der Waals surface area contributed by atoms with Crippen molar-refractivity contribution in [2.45, 2.75) is 19.8 Å². The summed E-state index contributed by atoms with van der Waals surface area (Å²) >= 11 is 9.38. The summed E-state index contributed by atoms with van der Waals surface area (Å²) in [5, 5.41) is 3.28. The van der Waals surface area contributed by atoms with Crippen LogP contribution in [-0.4, -0.2) is 5.91 Å². The fourth-order valence-electron chi connectivity index (χ4n) is 1.82. The Morgan fingerprint density at radius 1 is 1.15 bits per heavy atom. The van der Waals surface area contributed by atoms with Gasteiger partial charge in [-0.05, 0) is 41.8 Å². The lowest BCUT2D eigenvalue weighted by Crippen LogP contribution is -2.12. The van der Waals surface area contributed by atoms with E-state index in [4.69, 9.17) is 11.6 Å². The lowest BCUT2D eigenvalue weighted by Gasteiger charge is -2.09. The minimum absolute atomic E-state index is 0.214. The van der Waals surface area contributed by atoms with E-state index < -0.39 is 0 Å². The second-order valence-corrected chi connectivity index (χ2v) is 6.18. The second-order valence-electron chi connectivity index (χ2n) is 4.86. The van der Waals surface area contributed by atoms with Gasteiger partial charge in [0.25, 0.3) is 5.91 Å². The summed E-state index contributed by atoms with van der Waals surface area (Å²) in [6.07, 6.45) is 0. The van der Waals surface area contributed by atoms with E-state index in [1.54, 1.807) is 18.2 Å². The van der Waals surface area contributed by atoms with Crippen LogP contribution in [0.3, 0.4) is 0 Å². The molecule has 0 bridgehead atoms. The van der Waals surface area contributed by atoms with E-state index in [0.717, 1.165) is 10.2 Å². The van der Waals surface area contributed by atoms with Crippen LogP contribution in [0.1, 0.15) is 35.7 Å². The number of amides is 1. The highest BCUT2D eigenvalue weighted by Gasteiger charge is 2.11. The van der Waals surface area contributed by atoms with E-state index in [1.165, 1.54) is 5.56 Å². The van der Waals surface area contributed by atoms with Gasteiger partial charge in [0.1, 0.15) is 0 Å². The zero-order chi connectivity index (χ0) is 14.7. The van der Waals surface area contributed by atoms with Crippen molar-refractivity contribution in [3.63, 3.8) is 0 Å². The normalized spacial score (nSPS) is 10.7. The van der Waals surface area contributed by atoms with Gasteiger partial charge in [0.15, 0.2) is 0 Å². The minimum Gasteiger partial charge on any atom is -0.322 e. The number of hydrogen-bond acceptors (Lipinski definition) is 1. The number of hydrogen-bond donors (Lipinski definition) is 1. The van der Waals surface area contributed by atoms with Gasteiger partial charge >= 0.3 is 0 Å². The van der Waals surface area contributed by atoms with Crippen molar-refractivity contribution in [1.82, 2.24) is 0 Å². The van der Waals surface area contributed by atoms with Gasteiger partial charge in [-0.25, -0.2) is 0 Å². The first-order valence-electron chi connectivity index (χ1n) is 6.33. The van der Waals surface area contributed by atoms with Gasteiger partial charge in [-0.1, -0.05) is 53.5 Å².